The van der Waals surface area contributed by atoms with Crippen molar-refractivity contribution >= 4 is 28.8 Å². The van der Waals surface area contributed by atoms with Crippen molar-refractivity contribution in [1.29, 1.82) is 0 Å². The molecular weight excluding hydrogens is 428 g/mol. The van der Waals surface area contributed by atoms with E-state index in [0.29, 0.717) is 35.2 Å². The van der Waals surface area contributed by atoms with E-state index in [1.54, 1.807) is 44.2 Å². The largest absolute Gasteiger partial charge is 0.460 e. The molecule has 1 aliphatic carbocycles. The normalized spacial score (nSPS) is 20.8. The zero-order chi connectivity index (χ0) is 23.0. The molecular formula is C24H24N2O5S. The molecule has 1 aromatic carbocycles. The number of ether oxygens (including phenoxy) is 1. The van der Waals surface area contributed by atoms with E-state index in [1.165, 1.54) is 12.1 Å². The Morgan fingerprint density at radius 1 is 1.25 bits per heavy atom. The van der Waals surface area contributed by atoms with Crippen LogP contribution in [0.1, 0.15) is 55.9 Å². The molecule has 8 heteroatoms. The summed E-state index contributed by atoms with van der Waals surface area (Å²) in [5.74, 6) is -1.23. The number of nitrogens with one attached hydrogen (secondary N) is 1. The third-order valence-corrected chi connectivity index (χ3v) is 6.78. The number of carbonyl (C=O) groups is 2. The maximum atomic E-state index is 13.4. The van der Waals surface area contributed by atoms with Crippen LogP contribution in [0, 0.1) is 10.1 Å². The molecule has 166 valence electrons. The van der Waals surface area contributed by atoms with Crippen molar-refractivity contribution in [1.82, 2.24) is 5.32 Å². The summed E-state index contributed by atoms with van der Waals surface area (Å²) in [6.07, 6.45) is 0.628. The van der Waals surface area contributed by atoms with E-state index >= 15 is 0 Å². The SMILES string of the molecule is CC1=C(C(=O)OC(C)C)C(c2cccc([N+](=O)[O-])c2)C2=C(CC(c3cccs3)CC2=O)N1. The standard InChI is InChI=1S/C24H24N2O5S/c1-13(2)31-24(28)21-14(3)25-18-11-16(20-8-5-9-32-20)12-19(27)23(18)22(21)15-6-4-7-17(10-15)26(29)30/h4-10,13,16,22,25H,11-12H2,1-3H3. The number of nitrogens with zero attached hydrogens (tertiary/aromatic N) is 1. The Morgan fingerprint density at radius 2 is 2.03 bits per heavy atom. The van der Waals surface area contributed by atoms with Crippen LogP contribution in [0.3, 0.4) is 0 Å². The van der Waals surface area contributed by atoms with Crippen LogP contribution in [-0.2, 0) is 14.3 Å². The van der Waals surface area contributed by atoms with Crippen LogP contribution in [-0.4, -0.2) is 22.8 Å². The Kier molecular flexibility index (Phi) is 5.97. The van der Waals surface area contributed by atoms with E-state index in [0.717, 1.165) is 10.6 Å². The Morgan fingerprint density at radius 3 is 2.69 bits per heavy atom. The first-order chi connectivity index (χ1) is 15.3. The Hall–Kier alpha value is -3.26. The van der Waals surface area contributed by atoms with Gasteiger partial charge in [0.15, 0.2) is 5.78 Å². The molecule has 7 nitrogen and oxygen atoms in total. The minimum Gasteiger partial charge on any atom is -0.460 e. The number of Topliss-reactive ketones (excluding diaryl/α,β-unsaturated/α-hetero) is 1. The molecule has 1 N–H and O–H groups in total. The number of benzene rings is 1. The summed E-state index contributed by atoms with van der Waals surface area (Å²) < 4.78 is 5.48. The van der Waals surface area contributed by atoms with Crippen molar-refractivity contribution in [3.05, 3.63) is 84.9 Å². The third kappa shape index (κ3) is 4.10. The number of esters is 1. The van der Waals surface area contributed by atoms with Gasteiger partial charge in [0.1, 0.15) is 0 Å². The van der Waals surface area contributed by atoms with Gasteiger partial charge in [0.25, 0.3) is 5.69 Å². The van der Waals surface area contributed by atoms with Crippen LogP contribution in [0.15, 0.2) is 64.3 Å². The Balaban J connectivity index is 1.84. The number of carbonyl (C=O) groups excluding carboxylic acids is 2. The highest BCUT2D eigenvalue weighted by Crippen LogP contribution is 2.46. The van der Waals surface area contributed by atoms with Crippen molar-refractivity contribution in [2.45, 2.75) is 51.6 Å². The van der Waals surface area contributed by atoms with Gasteiger partial charge in [-0.15, -0.1) is 11.3 Å². The molecule has 2 unspecified atom stereocenters. The van der Waals surface area contributed by atoms with Crippen LogP contribution >= 0.6 is 11.3 Å². The topological polar surface area (TPSA) is 98.5 Å². The predicted octanol–water partition coefficient (Wildman–Crippen LogP) is 4.97. The molecule has 0 spiro atoms. The predicted molar refractivity (Wildman–Crippen MR) is 121 cm³/mol. The number of dihydropyridines is 1. The molecule has 0 saturated carbocycles. The third-order valence-electron chi connectivity index (χ3n) is 5.75. The van der Waals surface area contributed by atoms with Gasteiger partial charge in [0.2, 0.25) is 0 Å². The van der Waals surface area contributed by atoms with Gasteiger partial charge >= 0.3 is 5.97 Å². The average Bonchev–Trinajstić information content (AvgIpc) is 3.27. The number of nitro groups is 1. The van der Waals surface area contributed by atoms with Gasteiger partial charge in [-0.3, -0.25) is 14.9 Å². The minimum atomic E-state index is -0.714. The minimum absolute atomic E-state index is 0.0593. The number of hydrogen-bond donors (Lipinski definition) is 1. The number of hydrogen-bond acceptors (Lipinski definition) is 7. The molecule has 2 heterocycles. The molecule has 4 rings (SSSR count). The van der Waals surface area contributed by atoms with Crippen LogP contribution in [0.4, 0.5) is 5.69 Å². The first-order valence-corrected chi connectivity index (χ1v) is 11.4. The van der Waals surface area contributed by atoms with Crippen molar-refractivity contribution in [3.8, 4) is 0 Å². The molecule has 0 fully saturated rings. The highest BCUT2D eigenvalue weighted by molar-refractivity contribution is 7.10. The fraction of sp³-hybridized carbons (Fsp3) is 0.333. The Bertz CT molecular complexity index is 1150. The van der Waals surface area contributed by atoms with Gasteiger partial charge in [0.05, 0.1) is 16.6 Å². The van der Waals surface area contributed by atoms with Crippen LogP contribution in [0.2, 0.25) is 0 Å². The second-order valence-electron chi connectivity index (χ2n) is 8.34. The fourth-order valence-corrected chi connectivity index (χ4v) is 5.29. The number of ketones is 1. The second-order valence-corrected chi connectivity index (χ2v) is 9.32. The molecule has 32 heavy (non-hydrogen) atoms. The molecule has 2 aromatic rings. The number of rotatable bonds is 5. The van der Waals surface area contributed by atoms with E-state index < -0.39 is 16.8 Å². The maximum Gasteiger partial charge on any atom is 0.337 e. The molecule has 1 aliphatic heterocycles. The van der Waals surface area contributed by atoms with E-state index in [4.69, 9.17) is 4.74 Å². The van der Waals surface area contributed by atoms with Crippen LogP contribution in [0.25, 0.3) is 0 Å². The van der Waals surface area contributed by atoms with Crippen molar-refractivity contribution in [3.63, 3.8) is 0 Å². The number of allylic oxidation sites excluding steroid dienone is 3. The van der Waals surface area contributed by atoms with Crippen molar-refractivity contribution in [2.75, 3.05) is 0 Å². The molecule has 0 radical (unpaired) electrons. The lowest BCUT2D eigenvalue weighted by Gasteiger charge is -2.36. The van der Waals surface area contributed by atoms with Crippen molar-refractivity contribution in [2.24, 2.45) is 0 Å². The van der Waals surface area contributed by atoms with E-state index in [1.807, 2.05) is 17.5 Å². The van der Waals surface area contributed by atoms with Crippen molar-refractivity contribution < 1.29 is 19.2 Å². The highest BCUT2D eigenvalue weighted by atomic mass is 32.1. The number of non-ortho nitro benzene ring substituents is 1. The molecule has 0 bridgehead atoms. The summed E-state index contributed by atoms with van der Waals surface area (Å²) in [6, 6.07) is 10.1. The maximum absolute atomic E-state index is 13.4. The number of thiophene rings is 1. The monoisotopic (exact) mass is 452 g/mol. The highest BCUT2D eigenvalue weighted by Gasteiger charge is 2.42. The summed E-state index contributed by atoms with van der Waals surface area (Å²) in [4.78, 5) is 38.6. The summed E-state index contributed by atoms with van der Waals surface area (Å²) in [7, 11) is 0. The van der Waals surface area contributed by atoms with E-state index in [-0.39, 0.29) is 23.5 Å². The summed E-state index contributed by atoms with van der Waals surface area (Å²) >= 11 is 1.62. The summed E-state index contributed by atoms with van der Waals surface area (Å²) in [5, 5.41) is 16.7. The smallest absolute Gasteiger partial charge is 0.337 e. The van der Waals surface area contributed by atoms with Gasteiger partial charge < -0.3 is 10.1 Å². The first kappa shape index (κ1) is 22.0. The number of nitro benzene ring substituents is 1. The molecule has 2 aliphatic rings. The average molecular weight is 453 g/mol. The Labute approximate surface area is 189 Å². The van der Waals surface area contributed by atoms with Gasteiger partial charge in [-0.25, -0.2) is 4.79 Å². The zero-order valence-corrected chi connectivity index (χ0v) is 18.9. The van der Waals surface area contributed by atoms with E-state index in [2.05, 4.69) is 5.32 Å². The fourth-order valence-electron chi connectivity index (χ4n) is 4.46. The summed E-state index contributed by atoms with van der Waals surface area (Å²) in [5.41, 5.74) is 2.64. The zero-order valence-electron chi connectivity index (χ0n) is 18.1. The quantitative estimate of drug-likeness (QED) is 0.391. The molecule has 0 saturated heterocycles. The van der Waals surface area contributed by atoms with Gasteiger partial charge in [-0.05, 0) is 44.2 Å². The second kappa shape index (κ2) is 8.70. The summed E-state index contributed by atoms with van der Waals surface area (Å²) in [6.45, 7) is 5.30. The van der Waals surface area contributed by atoms with E-state index in [9.17, 15) is 19.7 Å². The van der Waals surface area contributed by atoms with Gasteiger partial charge in [0, 0.05) is 52.2 Å². The first-order valence-electron chi connectivity index (χ1n) is 10.5. The molecule has 2 atom stereocenters. The lowest BCUT2D eigenvalue weighted by molar-refractivity contribution is -0.384. The lowest BCUT2D eigenvalue weighted by atomic mass is 9.72. The molecule has 1 aromatic heterocycles. The lowest BCUT2D eigenvalue weighted by Crippen LogP contribution is -2.36. The van der Waals surface area contributed by atoms with Gasteiger partial charge in [-0.1, -0.05) is 18.2 Å². The van der Waals surface area contributed by atoms with Gasteiger partial charge in [-0.2, -0.15) is 0 Å². The van der Waals surface area contributed by atoms with Crippen LogP contribution < -0.4 is 5.32 Å². The van der Waals surface area contributed by atoms with Crippen LogP contribution in [0.5, 0.6) is 0 Å². The molecule has 0 amide bonds.